The van der Waals surface area contributed by atoms with Crippen LogP contribution in [-0.2, 0) is 0 Å². The van der Waals surface area contributed by atoms with Crippen LogP contribution in [-0.4, -0.2) is 60.0 Å². The summed E-state index contributed by atoms with van der Waals surface area (Å²) < 4.78 is 4.74. The molecule has 0 aliphatic rings. The molecule has 0 rings (SSSR count). The van der Waals surface area contributed by atoms with E-state index < -0.39 is 9.12 Å². The Morgan fingerprint density at radius 1 is 1.09 bits per heavy atom. The van der Waals surface area contributed by atoms with E-state index in [1.165, 1.54) is 6.04 Å². The van der Waals surface area contributed by atoms with E-state index in [0.717, 1.165) is 6.54 Å². The minimum atomic E-state index is -0.794. The van der Waals surface area contributed by atoms with Gasteiger partial charge >= 0.3 is 0 Å². The minimum Gasteiger partial charge on any atom is -0.320 e. The molecule has 0 atom stereocenters. The Hall–Kier alpha value is 0.0969. The Kier molecular flexibility index (Phi) is 5.76. The van der Waals surface area contributed by atoms with Crippen molar-refractivity contribution in [2.45, 2.75) is 6.04 Å². The first kappa shape index (κ1) is 11.1. The average molecular weight is 175 g/mol. The lowest BCUT2D eigenvalue weighted by atomic mass is 10.8. The van der Waals surface area contributed by atoms with Crippen molar-refractivity contribution in [1.29, 1.82) is 0 Å². The lowest BCUT2D eigenvalue weighted by Crippen LogP contribution is -2.46. The van der Waals surface area contributed by atoms with Gasteiger partial charge in [0, 0.05) is 0 Å². The van der Waals surface area contributed by atoms with E-state index in [2.05, 4.69) is 42.6 Å². The summed E-state index contributed by atoms with van der Waals surface area (Å²) in [5, 5.41) is 3.19. The van der Waals surface area contributed by atoms with Crippen LogP contribution in [0.4, 0.5) is 0 Å². The van der Waals surface area contributed by atoms with Gasteiger partial charge in [-0.15, -0.1) is 0 Å². The summed E-state index contributed by atoms with van der Waals surface area (Å²) in [5.74, 6) is 0. The van der Waals surface area contributed by atoms with E-state index in [9.17, 15) is 0 Å². The van der Waals surface area contributed by atoms with E-state index >= 15 is 0 Å². The molecule has 0 aliphatic carbocycles. The fraction of sp³-hybridized carbons (Fsp3) is 1.00. The van der Waals surface area contributed by atoms with Crippen LogP contribution in [0.25, 0.3) is 0 Å². The quantitative estimate of drug-likeness (QED) is 0.571. The number of nitrogens with zero attached hydrogens (tertiary/aromatic N) is 2. The molecule has 0 aromatic carbocycles. The molecule has 0 radical (unpaired) electrons. The molecule has 68 valence electrons. The van der Waals surface area contributed by atoms with Gasteiger partial charge in [-0.3, -0.25) is 0 Å². The van der Waals surface area contributed by atoms with Crippen molar-refractivity contribution in [1.82, 2.24) is 14.4 Å². The van der Waals surface area contributed by atoms with Gasteiger partial charge in [0.15, 0.2) is 9.12 Å². The van der Waals surface area contributed by atoms with Crippen molar-refractivity contribution >= 4 is 9.12 Å². The zero-order valence-electron chi connectivity index (χ0n) is 8.39. The molecule has 11 heavy (non-hydrogen) atoms. The Bertz CT molecular complexity index is 87.7. The molecular weight excluding hydrogens is 154 g/mol. The van der Waals surface area contributed by atoms with E-state index in [1.54, 1.807) is 0 Å². The fourth-order valence-electron chi connectivity index (χ4n) is 1.25. The first-order valence-corrected chi connectivity index (χ1v) is 5.92. The van der Waals surface area contributed by atoms with E-state index in [-0.39, 0.29) is 0 Å². The van der Waals surface area contributed by atoms with Crippen LogP contribution < -0.4 is 5.32 Å². The molecule has 0 aromatic heterocycles. The molecule has 0 amide bonds. The summed E-state index contributed by atoms with van der Waals surface area (Å²) in [6.07, 6.45) is 0. The van der Waals surface area contributed by atoms with Crippen molar-refractivity contribution in [3.8, 4) is 0 Å². The average Bonchev–Trinajstić information content (AvgIpc) is 1.87. The van der Waals surface area contributed by atoms with Crippen molar-refractivity contribution in [2.24, 2.45) is 0 Å². The molecule has 0 saturated heterocycles. The van der Waals surface area contributed by atoms with Crippen LogP contribution in [0, 0.1) is 0 Å². The summed E-state index contributed by atoms with van der Waals surface area (Å²) >= 11 is 0. The minimum absolute atomic E-state index is 0.794. The first-order chi connectivity index (χ1) is 5.09. The van der Waals surface area contributed by atoms with Crippen LogP contribution in [0.3, 0.4) is 0 Å². The third-order valence-electron chi connectivity index (χ3n) is 1.84. The second kappa shape index (κ2) is 5.71. The van der Waals surface area contributed by atoms with Gasteiger partial charge in [-0.25, -0.2) is 0 Å². The lowest BCUT2D eigenvalue weighted by Gasteiger charge is -2.28. The summed E-state index contributed by atoms with van der Waals surface area (Å²) in [6.45, 7) is 1.13. The molecule has 0 unspecified atom stereocenters. The highest BCUT2D eigenvalue weighted by molar-refractivity contribution is 6.52. The zero-order chi connectivity index (χ0) is 8.85. The summed E-state index contributed by atoms with van der Waals surface area (Å²) in [7, 11) is 9.91. The van der Waals surface area contributed by atoms with Gasteiger partial charge in [-0.2, -0.15) is 0 Å². The van der Waals surface area contributed by atoms with Gasteiger partial charge in [0.25, 0.3) is 0 Å². The van der Waals surface area contributed by atoms with Crippen LogP contribution in [0.15, 0.2) is 0 Å². The zero-order valence-corrected chi connectivity index (χ0v) is 9.54. The summed E-state index contributed by atoms with van der Waals surface area (Å²) in [6, 6.07) is 1.30. The molecule has 0 heterocycles. The van der Waals surface area contributed by atoms with Crippen molar-refractivity contribution in [2.75, 3.05) is 41.8 Å². The molecule has 0 fully saturated rings. The van der Waals surface area contributed by atoms with Crippen LogP contribution in [0.2, 0.25) is 6.04 Å². The number of rotatable bonds is 5. The fourth-order valence-corrected chi connectivity index (χ4v) is 3.76. The molecular formula is C7H21N3Si. The molecule has 0 aromatic rings. The second-order valence-corrected chi connectivity index (χ2v) is 6.90. The Labute approximate surface area is 72.1 Å². The molecule has 0 bridgehead atoms. The third kappa shape index (κ3) is 4.52. The van der Waals surface area contributed by atoms with Gasteiger partial charge in [0.2, 0.25) is 0 Å². The molecule has 0 aliphatic heterocycles. The lowest BCUT2D eigenvalue weighted by molar-refractivity contribution is 0.511. The van der Waals surface area contributed by atoms with Gasteiger partial charge in [-0.1, -0.05) is 0 Å². The molecule has 4 heteroatoms. The van der Waals surface area contributed by atoms with E-state index in [1.807, 2.05) is 7.05 Å². The maximum Gasteiger partial charge on any atom is 0.190 e. The van der Waals surface area contributed by atoms with Crippen molar-refractivity contribution in [3.63, 3.8) is 0 Å². The smallest absolute Gasteiger partial charge is 0.190 e. The van der Waals surface area contributed by atoms with Gasteiger partial charge in [0.05, 0.1) is 0 Å². The summed E-state index contributed by atoms with van der Waals surface area (Å²) in [5.41, 5.74) is 0. The second-order valence-electron chi connectivity index (χ2n) is 3.30. The standard InChI is InChI=1S/C7H21N3Si/c1-8-6-7-11(9(2)3)10(4)5/h8,11H,6-7H2,1-5H3. The number of nitrogens with one attached hydrogen (secondary N) is 1. The molecule has 0 spiro atoms. The van der Waals surface area contributed by atoms with E-state index in [4.69, 9.17) is 0 Å². The Balaban J connectivity index is 3.70. The Morgan fingerprint density at radius 2 is 1.55 bits per heavy atom. The van der Waals surface area contributed by atoms with Crippen LogP contribution >= 0.6 is 0 Å². The highest BCUT2D eigenvalue weighted by Crippen LogP contribution is 1.96. The first-order valence-electron chi connectivity index (χ1n) is 4.07. The maximum absolute atomic E-state index is 3.19. The predicted octanol–water partition coefficient (Wildman–Crippen LogP) is -0.450. The van der Waals surface area contributed by atoms with E-state index in [0.29, 0.717) is 0 Å². The Morgan fingerprint density at radius 3 is 1.82 bits per heavy atom. The number of hydrogen-bond donors (Lipinski definition) is 1. The molecule has 0 saturated carbocycles. The number of hydrogen-bond acceptors (Lipinski definition) is 3. The van der Waals surface area contributed by atoms with Crippen LogP contribution in [0.5, 0.6) is 0 Å². The largest absolute Gasteiger partial charge is 0.320 e. The predicted molar refractivity (Wildman–Crippen MR) is 53.3 cm³/mol. The SMILES string of the molecule is CNCC[SiH](N(C)C)N(C)C. The van der Waals surface area contributed by atoms with Gasteiger partial charge < -0.3 is 14.4 Å². The molecule has 1 N–H and O–H groups in total. The highest BCUT2D eigenvalue weighted by atomic mass is 28.3. The third-order valence-corrected chi connectivity index (χ3v) is 5.03. The normalized spacial score (nSPS) is 12.0. The maximum atomic E-state index is 3.19. The van der Waals surface area contributed by atoms with Gasteiger partial charge in [0.1, 0.15) is 0 Å². The monoisotopic (exact) mass is 175 g/mol. The summed E-state index contributed by atoms with van der Waals surface area (Å²) in [4.78, 5) is 0. The molecule has 3 nitrogen and oxygen atoms in total. The highest BCUT2D eigenvalue weighted by Gasteiger charge is 2.14. The van der Waals surface area contributed by atoms with Gasteiger partial charge in [-0.05, 0) is 47.8 Å². The van der Waals surface area contributed by atoms with Crippen LogP contribution in [0.1, 0.15) is 0 Å². The van der Waals surface area contributed by atoms with Crippen molar-refractivity contribution < 1.29 is 0 Å². The van der Waals surface area contributed by atoms with Crippen molar-refractivity contribution in [3.05, 3.63) is 0 Å². The topological polar surface area (TPSA) is 18.5 Å².